The predicted molar refractivity (Wildman–Crippen MR) is 82.7 cm³/mol. The van der Waals surface area contributed by atoms with E-state index in [1.165, 1.54) is 5.56 Å². The van der Waals surface area contributed by atoms with Gasteiger partial charge in [0.1, 0.15) is 0 Å². The highest BCUT2D eigenvalue weighted by Crippen LogP contribution is 2.18. The third kappa shape index (κ3) is 4.32. The Labute approximate surface area is 121 Å². The zero-order valence-corrected chi connectivity index (χ0v) is 12.7. The molecule has 1 aliphatic heterocycles. The first-order chi connectivity index (χ1) is 9.45. The minimum absolute atomic E-state index is 0.0485. The number of anilines is 1. The zero-order chi connectivity index (χ0) is 14.6. The van der Waals surface area contributed by atoms with Gasteiger partial charge in [-0.1, -0.05) is 32.9 Å². The van der Waals surface area contributed by atoms with E-state index >= 15 is 0 Å². The molecule has 1 aromatic carbocycles. The van der Waals surface area contributed by atoms with Crippen molar-refractivity contribution in [3.05, 3.63) is 29.8 Å². The van der Waals surface area contributed by atoms with Crippen LogP contribution in [0.15, 0.2) is 24.3 Å². The maximum atomic E-state index is 11.9. The SMILES string of the molecule is CC(C)(C)C(=O)Nc1ccc(CN2CCNCC2)cc1. The fourth-order valence-electron chi connectivity index (χ4n) is 2.14. The van der Waals surface area contributed by atoms with Crippen molar-refractivity contribution in [1.82, 2.24) is 10.2 Å². The van der Waals surface area contributed by atoms with Crippen LogP contribution in [0.3, 0.4) is 0 Å². The minimum atomic E-state index is -0.362. The lowest BCUT2D eigenvalue weighted by molar-refractivity contribution is -0.123. The Bertz CT molecular complexity index is 442. The lowest BCUT2D eigenvalue weighted by atomic mass is 9.95. The van der Waals surface area contributed by atoms with E-state index in [4.69, 9.17) is 0 Å². The second kappa shape index (κ2) is 6.37. The van der Waals surface area contributed by atoms with Gasteiger partial charge in [-0.25, -0.2) is 0 Å². The van der Waals surface area contributed by atoms with Crippen LogP contribution in [0.4, 0.5) is 5.69 Å². The molecular formula is C16H25N3O. The van der Waals surface area contributed by atoms with Crippen molar-refractivity contribution in [3.63, 3.8) is 0 Å². The summed E-state index contributed by atoms with van der Waals surface area (Å²) in [6, 6.07) is 8.17. The summed E-state index contributed by atoms with van der Waals surface area (Å²) in [4.78, 5) is 14.4. The van der Waals surface area contributed by atoms with Gasteiger partial charge in [0.15, 0.2) is 0 Å². The molecule has 0 bridgehead atoms. The molecule has 4 nitrogen and oxygen atoms in total. The molecule has 1 fully saturated rings. The highest BCUT2D eigenvalue weighted by molar-refractivity contribution is 5.94. The number of hydrogen-bond acceptors (Lipinski definition) is 3. The number of amides is 1. The van der Waals surface area contributed by atoms with Crippen molar-refractivity contribution in [1.29, 1.82) is 0 Å². The molecule has 0 radical (unpaired) electrons. The summed E-state index contributed by atoms with van der Waals surface area (Å²) in [6.07, 6.45) is 0. The molecule has 2 N–H and O–H groups in total. The number of carbonyl (C=O) groups is 1. The monoisotopic (exact) mass is 275 g/mol. The van der Waals surface area contributed by atoms with Gasteiger partial charge in [-0.2, -0.15) is 0 Å². The van der Waals surface area contributed by atoms with E-state index in [0.29, 0.717) is 0 Å². The van der Waals surface area contributed by atoms with Crippen LogP contribution in [0.25, 0.3) is 0 Å². The van der Waals surface area contributed by atoms with Crippen molar-refractivity contribution in [2.24, 2.45) is 5.41 Å². The molecule has 20 heavy (non-hydrogen) atoms. The second-order valence-electron chi connectivity index (χ2n) is 6.43. The summed E-state index contributed by atoms with van der Waals surface area (Å²) >= 11 is 0. The molecule has 110 valence electrons. The van der Waals surface area contributed by atoms with Crippen LogP contribution in [-0.2, 0) is 11.3 Å². The van der Waals surface area contributed by atoms with Gasteiger partial charge in [0.2, 0.25) is 5.91 Å². The van der Waals surface area contributed by atoms with Crippen molar-refractivity contribution in [2.45, 2.75) is 27.3 Å². The van der Waals surface area contributed by atoms with E-state index in [-0.39, 0.29) is 11.3 Å². The van der Waals surface area contributed by atoms with Gasteiger partial charge in [-0.3, -0.25) is 9.69 Å². The molecule has 0 aromatic heterocycles. The van der Waals surface area contributed by atoms with Crippen LogP contribution >= 0.6 is 0 Å². The fourth-order valence-corrected chi connectivity index (χ4v) is 2.14. The van der Waals surface area contributed by atoms with Crippen LogP contribution < -0.4 is 10.6 Å². The largest absolute Gasteiger partial charge is 0.326 e. The highest BCUT2D eigenvalue weighted by atomic mass is 16.2. The van der Waals surface area contributed by atoms with E-state index in [9.17, 15) is 4.79 Å². The van der Waals surface area contributed by atoms with Gasteiger partial charge in [-0.05, 0) is 17.7 Å². The van der Waals surface area contributed by atoms with Crippen molar-refractivity contribution in [3.8, 4) is 0 Å². The molecule has 0 unspecified atom stereocenters. The molecule has 0 spiro atoms. The first-order valence-electron chi connectivity index (χ1n) is 7.28. The van der Waals surface area contributed by atoms with Crippen LogP contribution in [-0.4, -0.2) is 37.0 Å². The van der Waals surface area contributed by atoms with Crippen molar-refractivity contribution >= 4 is 11.6 Å². The number of carbonyl (C=O) groups excluding carboxylic acids is 1. The molecule has 0 atom stereocenters. The molecular weight excluding hydrogens is 250 g/mol. The van der Waals surface area contributed by atoms with Gasteiger partial charge >= 0.3 is 0 Å². The standard InChI is InChI=1S/C16H25N3O/c1-16(2,3)15(20)18-14-6-4-13(5-7-14)12-19-10-8-17-9-11-19/h4-7,17H,8-12H2,1-3H3,(H,18,20). The van der Waals surface area contributed by atoms with Crippen molar-refractivity contribution < 1.29 is 4.79 Å². The van der Waals surface area contributed by atoms with Crippen LogP contribution in [0, 0.1) is 5.41 Å². The topological polar surface area (TPSA) is 44.4 Å². The predicted octanol–water partition coefficient (Wildman–Crippen LogP) is 2.08. The van der Waals surface area contributed by atoms with Crippen LogP contribution in [0.5, 0.6) is 0 Å². The summed E-state index contributed by atoms with van der Waals surface area (Å²) in [5.74, 6) is 0.0485. The Kier molecular flexibility index (Phi) is 4.78. The molecule has 1 aliphatic rings. The lowest BCUT2D eigenvalue weighted by Crippen LogP contribution is -2.42. The maximum Gasteiger partial charge on any atom is 0.229 e. The second-order valence-corrected chi connectivity index (χ2v) is 6.43. The van der Waals surface area contributed by atoms with E-state index in [1.54, 1.807) is 0 Å². The summed E-state index contributed by atoms with van der Waals surface area (Å²) < 4.78 is 0. The Morgan fingerprint density at radius 1 is 1.20 bits per heavy atom. The normalized spacial score (nSPS) is 16.9. The average Bonchev–Trinajstić information content (AvgIpc) is 2.41. The van der Waals surface area contributed by atoms with E-state index in [2.05, 4.69) is 27.7 Å². The number of benzene rings is 1. The van der Waals surface area contributed by atoms with Gasteiger partial charge < -0.3 is 10.6 Å². The third-order valence-corrected chi connectivity index (χ3v) is 3.51. The Morgan fingerprint density at radius 2 is 1.80 bits per heavy atom. The molecule has 4 heteroatoms. The number of hydrogen-bond donors (Lipinski definition) is 2. The molecule has 0 aliphatic carbocycles. The Morgan fingerprint density at radius 3 is 2.35 bits per heavy atom. The first-order valence-corrected chi connectivity index (χ1v) is 7.28. The Hall–Kier alpha value is -1.39. The molecule has 2 rings (SSSR count). The van der Waals surface area contributed by atoms with Gasteiger partial charge in [0, 0.05) is 43.8 Å². The van der Waals surface area contributed by atoms with Crippen LogP contribution in [0.1, 0.15) is 26.3 Å². The first kappa shape index (κ1) is 15.0. The van der Waals surface area contributed by atoms with Gasteiger partial charge in [0.25, 0.3) is 0 Å². The summed E-state index contributed by atoms with van der Waals surface area (Å²) in [6.45, 7) is 11.1. The summed E-state index contributed by atoms with van der Waals surface area (Å²) in [5, 5.41) is 6.31. The maximum absolute atomic E-state index is 11.9. The molecule has 1 saturated heterocycles. The van der Waals surface area contributed by atoms with Crippen molar-refractivity contribution in [2.75, 3.05) is 31.5 Å². The number of nitrogens with one attached hydrogen (secondary N) is 2. The van der Waals surface area contributed by atoms with E-state index in [0.717, 1.165) is 38.4 Å². The van der Waals surface area contributed by atoms with E-state index in [1.807, 2.05) is 32.9 Å². The average molecular weight is 275 g/mol. The molecule has 1 amide bonds. The number of nitrogens with zero attached hydrogens (tertiary/aromatic N) is 1. The summed E-state index contributed by atoms with van der Waals surface area (Å²) in [5.41, 5.74) is 1.80. The lowest BCUT2D eigenvalue weighted by Gasteiger charge is -2.27. The van der Waals surface area contributed by atoms with Crippen LogP contribution in [0.2, 0.25) is 0 Å². The Balaban J connectivity index is 1.91. The molecule has 0 saturated carbocycles. The quantitative estimate of drug-likeness (QED) is 0.887. The number of piperazine rings is 1. The fraction of sp³-hybridized carbons (Fsp3) is 0.562. The van der Waals surface area contributed by atoms with Gasteiger partial charge in [0.05, 0.1) is 0 Å². The summed E-state index contributed by atoms with van der Waals surface area (Å²) in [7, 11) is 0. The van der Waals surface area contributed by atoms with Gasteiger partial charge in [-0.15, -0.1) is 0 Å². The highest BCUT2D eigenvalue weighted by Gasteiger charge is 2.21. The smallest absolute Gasteiger partial charge is 0.229 e. The number of rotatable bonds is 3. The molecule has 1 aromatic rings. The zero-order valence-electron chi connectivity index (χ0n) is 12.7. The minimum Gasteiger partial charge on any atom is -0.326 e. The van der Waals surface area contributed by atoms with E-state index < -0.39 is 0 Å². The third-order valence-electron chi connectivity index (χ3n) is 3.51. The molecule has 1 heterocycles.